The molecule has 9 heteroatoms. The molecular weight excluding hydrogens is 391 g/mol. The minimum absolute atomic E-state index is 0.114. The summed E-state index contributed by atoms with van der Waals surface area (Å²) in [5, 5.41) is 0. The molecule has 1 aliphatic rings. The average Bonchev–Trinajstić information content (AvgIpc) is 2.71. The zero-order valence-corrected chi connectivity index (χ0v) is 16.1. The van der Waals surface area contributed by atoms with Crippen molar-refractivity contribution >= 4 is 0 Å². The van der Waals surface area contributed by atoms with Crippen molar-refractivity contribution in [3.8, 4) is 28.6 Å². The van der Waals surface area contributed by atoms with Crippen LogP contribution in [0.2, 0.25) is 0 Å². The van der Waals surface area contributed by atoms with Crippen molar-refractivity contribution in [2.45, 2.75) is 19.2 Å². The van der Waals surface area contributed by atoms with Gasteiger partial charge in [-0.15, -0.1) is 0 Å². The number of alkyl halides is 3. The van der Waals surface area contributed by atoms with E-state index in [9.17, 15) is 13.2 Å². The Balaban J connectivity index is 1.76. The van der Waals surface area contributed by atoms with Gasteiger partial charge in [0.1, 0.15) is 29.9 Å². The molecule has 1 aromatic carbocycles. The van der Waals surface area contributed by atoms with Crippen LogP contribution in [-0.2, 0) is 9.47 Å². The first kappa shape index (κ1) is 21.2. The minimum atomic E-state index is -4.39. The molecule has 2 aromatic rings. The van der Waals surface area contributed by atoms with Gasteiger partial charge in [0.25, 0.3) is 0 Å². The normalized spacial score (nSPS) is 17.1. The van der Waals surface area contributed by atoms with Crippen LogP contribution in [0.25, 0.3) is 11.3 Å². The molecule has 0 amide bonds. The fraction of sp³-hybridized carbons (Fsp3) is 0.450. The van der Waals surface area contributed by atoms with E-state index in [0.717, 1.165) is 5.56 Å². The molecule has 3 rings (SSSR count). The molecule has 6 nitrogen and oxygen atoms in total. The van der Waals surface area contributed by atoms with Gasteiger partial charge in [-0.05, 0) is 36.8 Å². The van der Waals surface area contributed by atoms with E-state index in [1.54, 1.807) is 18.2 Å². The number of hydrogen-bond donors (Lipinski definition) is 0. The number of aromatic nitrogens is 1. The SMILES string of the molecule is COc1c(C)cc(OC[C@H]2COCCO2)nc1-c1ccc(OCC(F)(F)F)cc1. The van der Waals surface area contributed by atoms with Crippen LogP contribution >= 0.6 is 0 Å². The number of methoxy groups -OCH3 is 1. The zero-order valence-electron chi connectivity index (χ0n) is 16.1. The standard InChI is InChI=1S/C20H22F3NO5/c1-13-9-17(28-11-16-10-26-7-8-27-16)24-18(19(13)25-2)14-3-5-15(6-4-14)29-12-20(21,22)23/h3-6,9,16H,7-8,10-12H2,1-2H3/t16-/m1/s1. The van der Waals surface area contributed by atoms with E-state index in [4.69, 9.17) is 23.7 Å². The summed E-state index contributed by atoms with van der Waals surface area (Å²) in [6, 6.07) is 7.92. The summed E-state index contributed by atoms with van der Waals surface area (Å²) >= 11 is 0. The molecular formula is C20H22F3NO5. The highest BCUT2D eigenvalue weighted by atomic mass is 19.4. The van der Waals surface area contributed by atoms with Crippen LogP contribution in [0, 0.1) is 6.92 Å². The molecule has 0 aliphatic carbocycles. The van der Waals surface area contributed by atoms with E-state index < -0.39 is 12.8 Å². The second kappa shape index (κ2) is 9.32. The highest BCUT2D eigenvalue weighted by Crippen LogP contribution is 2.34. The van der Waals surface area contributed by atoms with Crippen LogP contribution in [0.5, 0.6) is 17.4 Å². The summed E-state index contributed by atoms with van der Waals surface area (Å²) in [6.07, 6.45) is -4.55. The van der Waals surface area contributed by atoms with E-state index >= 15 is 0 Å². The van der Waals surface area contributed by atoms with Crippen LogP contribution in [0.3, 0.4) is 0 Å². The summed E-state index contributed by atoms with van der Waals surface area (Å²) in [5.41, 5.74) is 1.99. The molecule has 158 valence electrons. The number of pyridine rings is 1. The van der Waals surface area contributed by atoms with Gasteiger partial charge in [-0.3, -0.25) is 0 Å². The number of ether oxygens (including phenoxy) is 5. The number of halogens is 3. The maximum absolute atomic E-state index is 12.3. The minimum Gasteiger partial charge on any atom is -0.494 e. The Hall–Kier alpha value is -2.52. The Morgan fingerprint density at radius 1 is 1.14 bits per heavy atom. The second-order valence-corrected chi connectivity index (χ2v) is 6.47. The molecule has 29 heavy (non-hydrogen) atoms. The Kier molecular flexibility index (Phi) is 6.81. The van der Waals surface area contributed by atoms with E-state index in [1.807, 2.05) is 6.92 Å². The fourth-order valence-electron chi connectivity index (χ4n) is 2.84. The van der Waals surface area contributed by atoms with Gasteiger partial charge in [0.15, 0.2) is 6.61 Å². The molecule has 0 saturated carbocycles. The van der Waals surface area contributed by atoms with Gasteiger partial charge in [0.2, 0.25) is 5.88 Å². The van der Waals surface area contributed by atoms with Gasteiger partial charge in [0.05, 0.1) is 26.9 Å². The predicted molar refractivity (Wildman–Crippen MR) is 98.6 cm³/mol. The van der Waals surface area contributed by atoms with Gasteiger partial charge in [-0.1, -0.05) is 0 Å². The number of aryl methyl sites for hydroxylation is 1. The lowest BCUT2D eigenvalue weighted by molar-refractivity contribution is -0.153. The topological polar surface area (TPSA) is 59.0 Å². The van der Waals surface area contributed by atoms with Crippen molar-refractivity contribution in [1.82, 2.24) is 4.98 Å². The lowest BCUT2D eigenvalue weighted by atomic mass is 10.1. The maximum Gasteiger partial charge on any atom is 0.422 e. The van der Waals surface area contributed by atoms with Crippen LogP contribution < -0.4 is 14.2 Å². The molecule has 0 spiro atoms. The lowest BCUT2D eigenvalue weighted by Crippen LogP contribution is -2.33. The molecule has 2 heterocycles. The molecule has 1 atom stereocenters. The van der Waals surface area contributed by atoms with Crippen molar-refractivity contribution in [1.29, 1.82) is 0 Å². The molecule has 1 saturated heterocycles. The number of nitrogens with zero attached hydrogens (tertiary/aromatic N) is 1. The Labute approximate surface area is 166 Å². The zero-order chi connectivity index (χ0) is 20.9. The van der Waals surface area contributed by atoms with Crippen molar-refractivity contribution in [3.05, 3.63) is 35.9 Å². The lowest BCUT2D eigenvalue weighted by Gasteiger charge is -2.23. The summed E-state index contributed by atoms with van der Waals surface area (Å²) in [6.45, 7) is 2.37. The Bertz CT molecular complexity index is 805. The number of hydrogen-bond acceptors (Lipinski definition) is 6. The summed E-state index contributed by atoms with van der Waals surface area (Å²) in [4.78, 5) is 4.51. The molecule has 0 radical (unpaired) electrons. The van der Waals surface area contributed by atoms with Crippen LogP contribution in [0.15, 0.2) is 30.3 Å². The van der Waals surface area contributed by atoms with Crippen molar-refractivity contribution in [3.63, 3.8) is 0 Å². The fourth-order valence-corrected chi connectivity index (χ4v) is 2.84. The predicted octanol–water partition coefficient (Wildman–Crippen LogP) is 3.80. The van der Waals surface area contributed by atoms with E-state index in [1.165, 1.54) is 19.2 Å². The van der Waals surface area contributed by atoms with E-state index in [2.05, 4.69) is 4.98 Å². The van der Waals surface area contributed by atoms with Crippen LogP contribution in [-0.4, -0.2) is 57.4 Å². The van der Waals surface area contributed by atoms with E-state index in [0.29, 0.717) is 49.3 Å². The molecule has 1 aromatic heterocycles. The summed E-state index contributed by atoms with van der Waals surface area (Å²) in [7, 11) is 1.53. The smallest absolute Gasteiger partial charge is 0.422 e. The third-order valence-electron chi connectivity index (χ3n) is 4.17. The van der Waals surface area contributed by atoms with E-state index in [-0.39, 0.29) is 11.9 Å². The maximum atomic E-state index is 12.3. The highest BCUT2D eigenvalue weighted by Gasteiger charge is 2.28. The highest BCUT2D eigenvalue weighted by molar-refractivity contribution is 5.69. The van der Waals surface area contributed by atoms with Crippen molar-refractivity contribution in [2.75, 3.05) is 40.1 Å². The van der Waals surface area contributed by atoms with Gasteiger partial charge in [-0.25, -0.2) is 4.98 Å². The molecule has 1 aliphatic heterocycles. The second-order valence-electron chi connectivity index (χ2n) is 6.47. The Morgan fingerprint density at radius 3 is 2.52 bits per heavy atom. The first-order valence-corrected chi connectivity index (χ1v) is 9.03. The van der Waals surface area contributed by atoms with Gasteiger partial charge in [-0.2, -0.15) is 13.2 Å². The first-order valence-electron chi connectivity index (χ1n) is 9.03. The monoisotopic (exact) mass is 413 g/mol. The van der Waals surface area contributed by atoms with Crippen LogP contribution in [0.1, 0.15) is 5.56 Å². The summed E-state index contributed by atoms with van der Waals surface area (Å²) in [5.74, 6) is 1.06. The average molecular weight is 413 g/mol. The molecule has 1 fully saturated rings. The third-order valence-corrected chi connectivity index (χ3v) is 4.17. The summed E-state index contributed by atoms with van der Waals surface area (Å²) < 4.78 is 63.8. The van der Waals surface area contributed by atoms with Crippen LogP contribution in [0.4, 0.5) is 13.2 Å². The van der Waals surface area contributed by atoms with Gasteiger partial charge in [0, 0.05) is 11.6 Å². The molecule has 0 N–H and O–H groups in total. The van der Waals surface area contributed by atoms with Gasteiger partial charge < -0.3 is 23.7 Å². The quantitative estimate of drug-likeness (QED) is 0.688. The molecule has 0 bridgehead atoms. The van der Waals surface area contributed by atoms with Crippen molar-refractivity contribution < 1.29 is 36.9 Å². The molecule has 0 unspecified atom stereocenters. The number of rotatable bonds is 7. The van der Waals surface area contributed by atoms with Crippen molar-refractivity contribution in [2.24, 2.45) is 0 Å². The number of benzene rings is 1. The first-order chi connectivity index (χ1) is 13.9. The Morgan fingerprint density at radius 2 is 1.90 bits per heavy atom. The largest absolute Gasteiger partial charge is 0.494 e. The third kappa shape index (κ3) is 5.98. The van der Waals surface area contributed by atoms with Gasteiger partial charge >= 0.3 is 6.18 Å².